The Morgan fingerprint density at radius 2 is 1.81 bits per heavy atom. The summed E-state index contributed by atoms with van der Waals surface area (Å²) in [5, 5.41) is 3.07. The van der Waals surface area contributed by atoms with E-state index >= 15 is 0 Å². The number of morpholine rings is 1. The summed E-state index contributed by atoms with van der Waals surface area (Å²) in [6.45, 7) is 4.69. The monoisotopic (exact) mass is 365 g/mol. The quantitative estimate of drug-likeness (QED) is 0.875. The Bertz CT molecular complexity index is 867. The number of carbonyl (C=O) groups excluding carboxylic acids is 1. The topological polar surface area (TPSA) is 70.6 Å². The number of benzene rings is 1. The van der Waals surface area contributed by atoms with Gasteiger partial charge in [-0.05, 0) is 24.5 Å². The molecule has 1 N–H and O–H groups in total. The van der Waals surface area contributed by atoms with Crippen molar-refractivity contribution in [3.63, 3.8) is 0 Å². The number of ether oxygens (including phenoxy) is 1. The SMILES string of the molecule is O=C1Nc2ccccc2[C@]12CCCN(c1cc(N3CCOCC3)ncn1)C2. The van der Waals surface area contributed by atoms with E-state index in [1.165, 1.54) is 0 Å². The van der Waals surface area contributed by atoms with Crippen LogP contribution in [0.3, 0.4) is 0 Å². The minimum absolute atomic E-state index is 0.107. The van der Waals surface area contributed by atoms with Crippen molar-refractivity contribution in [3.05, 3.63) is 42.2 Å². The molecule has 2 saturated heterocycles. The number of nitrogens with zero attached hydrogens (tertiary/aromatic N) is 4. The van der Waals surface area contributed by atoms with Gasteiger partial charge in [0.1, 0.15) is 18.0 Å². The molecule has 2 fully saturated rings. The molecule has 4 heterocycles. The predicted molar refractivity (Wildman–Crippen MR) is 103 cm³/mol. The lowest BCUT2D eigenvalue weighted by atomic mass is 9.75. The van der Waals surface area contributed by atoms with Crippen LogP contribution in [0.25, 0.3) is 0 Å². The van der Waals surface area contributed by atoms with Gasteiger partial charge in [0.05, 0.1) is 18.6 Å². The van der Waals surface area contributed by atoms with E-state index in [-0.39, 0.29) is 5.91 Å². The van der Waals surface area contributed by atoms with Crippen molar-refractivity contribution in [2.24, 2.45) is 0 Å². The van der Waals surface area contributed by atoms with Gasteiger partial charge in [-0.2, -0.15) is 0 Å². The lowest BCUT2D eigenvalue weighted by molar-refractivity contribution is -0.121. The van der Waals surface area contributed by atoms with Gasteiger partial charge >= 0.3 is 0 Å². The van der Waals surface area contributed by atoms with Gasteiger partial charge in [-0.3, -0.25) is 4.79 Å². The van der Waals surface area contributed by atoms with Crippen molar-refractivity contribution in [2.45, 2.75) is 18.3 Å². The highest BCUT2D eigenvalue weighted by Crippen LogP contribution is 2.44. The zero-order valence-corrected chi connectivity index (χ0v) is 15.2. The minimum Gasteiger partial charge on any atom is -0.378 e. The highest BCUT2D eigenvalue weighted by molar-refractivity contribution is 6.06. The van der Waals surface area contributed by atoms with E-state index in [1.54, 1.807) is 6.33 Å². The molecule has 0 radical (unpaired) electrons. The summed E-state index contributed by atoms with van der Waals surface area (Å²) < 4.78 is 5.44. The molecule has 3 aliphatic rings. The van der Waals surface area contributed by atoms with Gasteiger partial charge in [-0.1, -0.05) is 18.2 Å². The van der Waals surface area contributed by atoms with Crippen LogP contribution < -0.4 is 15.1 Å². The third-order valence-electron chi connectivity index (χ3n) is 5.92. The fourth-order valence-corrected chi connectivity index (χ4v) is 4.51. The standard InChI is InChI=1S/C20H23N5O2/c26-19-20(15-4-1-2-5-16(15)23-19)6-3-7-25(13-20)18-12-17(21-14-22-18)24-8-10-27-11-9-24/h1-2,4-5,12,14H,3,6-11,13H2,(H,23,26)/t20-/m1/s1. The number of rotatable bonds is 2. The predicted octanol–water partition coefficient (Wildman–Crippen LogP) is 1.80. The van der Waals surface area contributed by atoms with E-state index in [2.05, 4.69) is 31.2 Å². The van der Waals surface area contributed by atoms with Crippen LogP contribution >= 0.6 is 0 Å². The number of anilines is 3. The molecule has 7 nitrogen and oxygen atoms in total. The zero-order chi connectivity index (χ0) is 18.3. The van der Waals surface area contributed by atoms with Crippen molar-refractivity contribution in [1.29, 1.82) is 0 Å². The van der Waals surface area contributed by atoms with Gasteiger partial charge in [0.15, 0.2) is 0 Å². The second-order valence-corrected chi connectivity index (χ2v) is 7.44. The van der Waals surface area contributed by atoms with E-state index < -0.39 is 5.41 Å². The summed E-state index contributed by atoms with van der Waals surface area (Å²) in [5.41, 5.74) is 1.57. The van der Waals surface area contributed by atoms with Gasteiger partial charge in [-0.25, -0.2) is 9.97 Å². The van der Waals surface area contributed by atoms with Crippen LogP contribution in [0.1, 0.15) is 18.4 Å². The molecule has 1 aromatic carbocycles. The number of para-hydroxylation sites is 1. The Morgan fingerprint density at radius 1 is 1.04 bits per heavy atom. The molecule has 27 heavy (non-hydrogen) atoms. The average Bonchev–Trinajstić information content (AvgIpc) is 3.00. The number of piperidine rings is 1. The molecule has 1 atom stereocenters. The van der Waals surface area contributed by atoms with Crippen LogP contribution in [-0.4, -0.2) is 55.3 Å². The first-order valence-corrected chi connectivity index (χ1v) is 9.57. The smallest absolute Gasteiger partial charge is 0.236 e. The van der Waals surface area contributed by atoms with E-state index in [4.69, 9.17) is 4.74 Å². The van der Waals surface area contributed by atoms with Gasteiger partial charge in [0.25, 0.3) is 0 Å². The normalized spacial score (nSPS) is 24.8. The minimum atomic E-state index is -0.487. The fraction of sp³-hybridized carbons (Fsp3) is 0.450. The maximum Gasteiger partial charge on any atom is 0.236 e. The number of aromatic nitrogens is 2. The first-order chi connectivity index (χ1) is 13.3. The molecule has 7 heteroatoms. The van der Waals surface area contributed by atoms with Gasteiger partial charge in [-0.15, -0.1) is 0 Å². The maximum atomic E-state index is 12.9. The fourth-order valence-electron chi connectivity index (χ4n) is 4.51. The van der Waals surface area contributed by atoms with Crippen molar-refractivity contribution >= 4 is 23.2 Å². The van der Waals surface area contributed by atoms with Crippen molar-refractivity contribution in [3.8, 4) is 0 Å². The molecule has 2 aromatic rings. The number of nitrogens with one attached hydrogen (secondary N) is 1. The number of amides is 1. The number of hydrogen-bond donors (Lipinski definition) is 1. The molecule has 0 bridgehead atoms. The molecule has 0 saturated carbocycles. The molecule has 1 spiro atoms. The molecule has 3 aliphatic heterocycles. The van der Waals surface area contributed by atoms with Gasteiger partial charge in [0, 0.05) is 37.9 Å². The summed E-state index contributed by atoms with van der Waals surface area (Å²) >= 11 is 0. The first kappa shape index (κ1) is 16.5. The second-order valence-electron chi connectivity index (χ2n) is 7.44. The third kappa shape index (κ3) is 2.73. The Labute approximate surface area is 158 Å². The van der Waals surface area contributed by atoms with Crippen LogP contribution in [-0.2, 0) is 14.9 Å². The Kier molecular flexibility index (Phi) is 3.97. The molecule has 140 valence electrons. The van der Waals surface area contributed by atoms with Crippen molar-refractivity contribution in [2.75, 3.05) is 54.5 Å². The van der Waals surface area contributed by atoms with Crippen molar-refractivity contribution < 1.29 is 9.53 Å². The number of hydrogen-bond acceptors (Lipinski definition) is 6. The molecule has 1 aromatic heterocycles. The lowest BCUT2D eigenvalue weighted by Crippen LogP contribution is -2.50. The molecule has 0 unspecified atom stereocenters. The zero-order valence-electron chi connectivity index (χ0n) is 15.2. The van der Waals surface area contributed by atoms with Crippen molar-refractivity contribution in [1.82, 2.24) is 9.97 Å². The van der Waals surface area contributed by atoms with E-state index in [1.807, 2.05) is 24.3 Å². The molecular weight excluding hydrogens is 342 g/mol. The Hall–Kier alpha value is -2.67. The number of fused-ring (bicyclic) bond motifs is 2. The second kappa shape index (κ2) is 6.49. The highest BCUT2D eigenvalue weighted by Gasteiger charge is 2.49. The Morgan fingerprint density at radius 3 is 2.67 bits per heavy atom. The highest BCUT2D eigenvalue weighted by atomic mass is 16.5. The van der Waals surface area contributed by atoms with Gasteiger partial charge in [0.2, 0.25) is 5.91 Å². The summed E-state index contributed by atoms with van der Waals surface area (Å²) in [7, 11) is 0. The average molecular weight is 365 g/mol. The van der Waals surface area contributed by atoms with Crippen LogP contribution in [0.2, 0.25) is 0 Å². The largest absolute Gasteiger partial charge is 0.378 e. The first-order valence-electron chi connectivity index (χ1n) is 9.57. The molecule has 0 aliphatic carbocycles. The molecule has 1 amide bonds. The van der Waals surface area contributed by atoms with E-state index in [0.29, 0.717) is 6.54 Å². The summed E-state index contributed by atoms with van der Waals surface area (Å²) in [6, 6.07) is 10.1. The molecule has 5 rings (SSSR count). The molecular formula is C20H23N5O2. The lowest BCUT2D eigenvalue weighted by Gasteiger charge is -2.40. The van der Waals surface area contributed by atoms with E-state index in [0.717, 1.165) is 68.6 Å². The summed E-state index contributed by atoms with van der Waals surface area (Å²) in [4.78, 5) is 26.3. The Balaban J connectivity index is 1.44. The number of carbonyl (C=O) groups is 1. The summed E-state index contributed by atoms with van der Waals surface area (Å²) in [6.07, 6.45) is 3.45. The van der Waals surface area contributed by atoms with Crippen LogP contribution in [0, 0.1) is 0 Å². The van der Waals surface area contributed by atoms with E-state index in [9.17, 15) is 4.79 Å². The maximum absolute atomic E-state index is 12.9. The van der Waals surface area contributed by atoms with Crippen LogP contribution in [0.4, 0.5) is 17.3 Å². The van der Waals surface area contributed by atoms with Crippen LogP contribution in [0.15, 0.2) is 36.7 Å². The third-order valence-corrected chi connectivity index (χ3v) is 5.92. The van der Waals surface area contributed by atoms with Crippen LogP contribution in [0.5, 0.6) is 0 Å². The summed E-state index contributed by atoms with van der Waals surface area (Å²) in [5.74, 6) is 1.93. The van der Waals surface area contributed by atoms with Gasteiger partial charge < -0.3 is 19.9 Å².